The average Bonchev–Trinajstić information content (AvgIpc) is 3.10. The number of anilines is 3. The largest absolute Gasteiger partial charge is 0.418 e. The molecule has 0 saturated heterocycles. The zero-order chi connectivity index (χ0) is 22.5. The molecule has 0 aliphatic carbocycles. The van der Waals surface area contributed by atoms with Gasteiger partial charge in [0.1, 0.15) is 23.0 Å². The zero-order valence-corrected chi connectivity index (χ0v) is 17.4. The number of nitrogens with one attached hydrogen (secondary N) is 3. The van der Waals surface area contributed by atoms with Crippen molar-refractivity contribution in [3.8, 4) is 5.88 Å². The average molecular weight is 427 g/mol. The minimum Gasteiger partial charge on any atom is -0.389 e. The maximum absolute atomic E-state index is 13.2. The summed E-state index contributed by atoms with van der Waals surface area (Å²) < 4.78 is 19.9. The van der Waals surface area contributed by atoms with Gasteiger partial charge in [0.15, 0.2) is 0 Å². The maximum Gasteiger partial charge on any atom is 0.418 e. The summed E-state index contributed by atoms with van der Waals surface area (Å²) in [6, 6.07) is 5.64. The van der Waals surface area contributed by atoms with Gasteiger partial charge in [-0.1, -0.05) is 13.8 Å². The number of carbonyl (C=O) groups is 2. The number of rotatable bonds is 6. The van der Waals surface area contributed by atoms with Crippen LogP contribution in [-0.4, -0.2) is 38.8 Å². The number of aromatic nitrogens is 4. The fraction of sp³-hybridized carbons (Fsp3) is 0.250. The Morgan fingerprint density at radius 1 is 1.13 bits per heavy atom. The molecule has 0 unspecified atom stereocenters. The molecule has 3 rings (SSSR count). The second-order valence-corrected chi connectivity index (χ2v) is 6.86. The van der Waals surface area contributed by atoms with E-state index in [1.54, 1.807) is 7.05 Å². The summed E-state index contributed by atoms with van der Waals surface area (Å²) in [6.07, 6.45) is 1.95. The van der Waals surface area contributed by atoms with Crippen LogP contribution in [0.4, 0.5) is 26.2 Å². The van der Waals surface area contributed by atoms with Gasteiger partial charge in [0.25, 0.3) is 11.8 Å². The molecule has 0 radical (unpaired) electrons. The molecule has 11 heteroatoms. The van der Waals surface area contributed by atoms with Crippen molar-refractivity contribution in [3.63, 3.8) is 0 Å². The summed E-state index contributed by atoms with van der Waals surface area (Å²) in [5, 5.41) is 12.0. The zero-order valence-electron chi connectivity index (χ0n) is 17.4. The Morgan fingerprint density at radius 3 is 2.48 bits per heavy atom. The summed E-state index contributed by atoms with van der Waals surface area (Å²) in [7, 11) is 3.05. The quantitative estimate of drug-likeness (QED) is 0.552. The predicted octanol–water partition coefficient (Wildman–Crippen LogP) is 3.19. The van der Waals surface area contributed by atoms with Crippen LogP contribution < -0.4 is 20.7 Å². The first-order valence-electron chi connectivity index (χ1n) is 9.41. The number of hydrogen-bond donors (Lipinski definition) is 3. The van der Waals surface area contributed by atoms with Crippen molar-refractivity contribution in [3.05, 3.63) is 54.0 Å². The van der Waals surface area contributed by atoms with Crippen molar-refractivity contribution in [2.45, 2.75) is 19.8 Å². The Labute approximate surface area is 177 Å². The molecular formula is C20H22FN7O3. The molecule has 3 N–H and O–H groups in total. The molecule has 0 fully saturated rings. The van der Waals surface area contributed by atoms with Crippen molar-refractivity contribution in [2.75, 3.05) is 17.7 Å². The molecule has 0 saturated carbocycles. The van der Waals surface area contributed by atoms with Crippen LogP contribution >= 0.6 is 0 Å². The van der Waals surface area contributed by atoms with Gasteiger partial charge in [-0.25, -0.2) is 14.2 Å². The lowest BCUT2D eigenvalue weighted by atomic mass is 10.2. The Hall–Kier alpha value is -4.02. The molecule has 0 bridgehead atoms. The van der Waals surface area contributed by atoms with E-state index in [0.717, 1.165) is 0 Å². The Balaban J connectivity index is 1.85. The Kier molecular flexibility index (Phi) is 6.43. The van der Waals surface area contributed by atoms with Crippen LogP contribution in [-0.2, 0) is 7.05 Å². The molecule has 31 heavy (non-hydrogen) atoms. The summed E-state index contributed by atoms with van der Waals surface area (Å²) in [5.74, 6) is -0.358. The van der Waals surface area contributed by atoms with Gasteiger partial charge in [-0.15, -0.1) is 0 Å². The number of nitrogens with zero attached hydrogens (tertiary/aromatic N) is 4. The van der Waals surface area contributed by atoms with Gasteiger partial charge in [0.05, 0.1) is 18.1 Å². The standard InChI is InChI=1S/C20H22FN7O3/c1-11(2)17-23-9-15(25-13-7-5-12(21)6-8-13)19(27-17)31-20(30)26-14-10-24-28(4)16(14)18(29)22-3/h5-11,25H,1-4H3,(H,22,29)(H,26,30). The Morgan fingerprint density at radius 2 is 1.84 bits per heavy atom. The number of halogens is 1. The summed E-state index contributed by atoms with van der Waals surface area (Å²) in [6.45, 7) is 3.80. The first-order valence-corrected chi connectivity index (χ1v) is 9.41. The highest BCUT2D eigenvalue weighted by Crippen LogP contribution is 2.27. The van der Waals surface area contributed by atoms with E-state index in [-0.39, 0.29) is 29.0 Å². The second kappa shape index (κ2) is 9.20. The van der Waals surface area contributed by atoms with Gasteiger partial charge in [-0.2, -0.15) is 10.1 Å². The second-order valence-electron chi connectivity index (χ2n) is 6.86. The molecule has 2 heterocycles. The topological polar surface area (TPSA) is 123 Å². The molecule has 3 aromatic rings. The molecule has 1 aromatic carbocycles. The summed E-state index contributed by atoms with van der Waals surface area (Å²) in [5.41, 5.74) is 1.21. The summed E-state index contributed by atoms with van der Waals surface area (Å²) in [4.78, 5) is 33.2. The van der Waals surface area contributed by atoms with Crippen LogP contribution in [0.3, 0.4) is 0 Å². The molecule has 0 atom stereocenters. The van der Waals surface area contributed by atoms with E-state index in [1.807, 2.05) is 13.8 Å². The Bertz CT molecular complexity index is 1100. The van der Waals surface area contributed by atoms with Gasteiger partial charge in [0, 0.05) is 25.7 Å². The van der Waals surface area contributed by atoms with Crippen LogP contribution in [0.5, 0.6) is 5.88 Å². The van der Waals surface area contributed by atoms with Crippen LogP contribution in [0.2, 0.25) is 0 Å². The highest BCUT2D eigenvalue weighted by Gasteiger charge is 2.20. The normalized spacial score (nSPS) is 10.6. The highest BCUT2D eigenvalue weighted by atomic mass is 19.1. The molecule has 10 nitrogen and oxygen atoms in total. The van der Waals surface area contributed by atoms with Crippen molar-refractivity contribution in [1.29, 1.82) is 0 Å². The summed E-state index contributed by atoms with van der Waals surface area (Å²) >= 11 is 0. The first kappa shape index (κ1) is 21.7. The van der Waals surface area contributed by atoms with Crippen molar-refractivity contribution >= 4 is 29.1 Å². The van der Waals surface area contributed by atoms with E-state index in [9.17, 15) is 14.0 Å². The minimum absolute atomic E-state index is 0.0107. The molecule has 162 valence electrons. The fourth-order valence-corrected chi connectivity index (χ4v) is 2.65. The third-order valence-corrected chi connectivity index (χ3v) is 4.22. The number of amides is 2. The molecule has 2 amide bonds. The molecule has 2 aromatic heterocycles. The first-order chi connectivity index (χ1) is 14.8. The van der Waals surface area contributed by atoms with Crippen LogP contribution in [0.25, 0.3) is 0 Å². The van der Waals surface area contributed by atoms with Gasteiger partial charge in [-0.3, -0.25) is 14.8 Å². The van der Waals surface area contributed by atoms with E-state index >= 15 is 0 Å². The van der Waals surface area contributed by atoms with Gasteiger partial charge in [0.2, 0.25) is 0 Å². The lowest BCUT2D eigenvalue weighted by Crippen LogP contribution is -2.25. The van der Waals surface area contributed by atoms with E-state index in [0.29, 0.717) is 17.2 Å². The van der Waals surface area contributed by atoms with Gasteiger partial charge < -0.3 is 15.4 Å². The van der Waals surface area contributed by atoms with Gasteiger partial charge >= 0.3 is 6.09 Å². The molecule has 0 aliphatic rings. The van der Waals surface area contributed by atoms with Crippen LogP contribution in [0.15, 0.2) is 36.7 Å². The van der Waals surface area contributed by atoms with Crippen molar-refractivity contribution in [1.82, 2.24) is 25.1 Å². The van der Waals surface area contributed by atoms with Gasteiger partial charge in [-0.05, 0) is 24.3 Å². The lowest BCUT2D eigenvalue weighted by Gasteiger charge is -2.14. The predicted molar refractivity (Wildman–Crippen MR) is 112 cm³/mol. The number of benzene rings is 1. The van der Waals surface area contributed by atoms with E-state index in [1.165, 1.54) is 48.4 Å². The number of ether oxygens (including phenoxy) is 1. The number of aryl methyl sites for hydroxylation is 1. The maximum atomic E-state index is 13.2. The molecular weight excluding hydrogens is 405 g/mol. The van der Waals surface area contributed by atoms with E-state index in [4.69, 9.17) is 4.74 Å². The van der Waals surface area contributed by atoms with Crippen LogP contribution in [0.1, 0.15) is 36.1 Å². The van der Waals surface area contributed by atoms with E-state index in [2.05, 4.69) is 31.0 Å². The minimum atomic E-state index is -0.867. The molecule has 0 aliphatic heterocycles. The smallest absolute Gasteiger partial charge is 0.389 e. The number of hydrogen-bond acceptors (Lipinski definition) is 7. The van der Waals surface area contributed by atoms with Crippen LogP contribution in [0, 0.1) is 5.82 Å². The molecule has 0 spiro atoms. The lowest BCUT2D eigenvalue weighted by molar-refractivity contribution is 0.0954. The monoisotopic (exact) mass is 427 g/mol. The third-order valence-electron chi connectivity index (χ3n) is 4.22. The number of carbonyl (C=O) groups excluding carboxylic acids is 2. The third kappa shape index (κ3) is 5.13. The van der Waals surface area contributed by atoms with Crippen molar-refractivity contribution < 1.29 is 18.7 Å². The fourth-order valence-electron chi connectivity index (χ4n) is 2.65. The SMILES string of the molecule is CNC(=O)c1c(NC(=O)Oc2nc(C(C)C)ncc2Nc2ccc(F)cc2)cnn1C. The highest BCUT2D eigenvalue weighted by molar-refractivity contribution is 6.01. The van der Waals surface area contributed by atoms with E-state index < -0.39 is 12.0 Å². The van der Waals surface area contributed by atoms with Crippen molar-refractivity contribution in [2.24, 2.45) is 7.05 Å².